The fraction of sp³-hybridized carbons (Fsp3) is 0.333. The topological polar surface area (TPSA) is 98.7 Å². The molecule has 0 radical (unpaired) electrons. The third-order valence-corrected chi connectivity index (χ3v) is 4.28. The summed E-state index contributed by atoms with van der Waals surface area (Å²) in [5.41, 5.74) is 0.734. The van der Waals surface area contributed by atoms with Gasteiger partial charge in [-0.3, -0.25) is 14.3 Å². The van der Waals surface area contributed by atoms with Gasteiger partial charge in [0.05, 0.1) is 6.04 Å². The van der Waals surface area contributed by atoms with Crippen molar-refractivity contribution >= 4 is 63.5 Å². The van der Waals surface area contributed by atoms with Crippen LogP contribution in [0.4, 0.5) is 5.69 Å². The van der Waals surface area contributed by atoms with Gasteiger partial charge in [0.2, 0.25) is 5.91 Å². The van der Waals surface area contributed by atoms with Crippen molar-refractivity contribution in [2.45, 2.75) is 12.5 Å². The molecule has 0 spiro atoms. The predicted octanol–water partition coefficient (Wildman–Crippen LogP) is -0.367. The Morgan fingerprint density at radius 2 is 2.14 bits per heavy atom. The van der Waals surface area contributed by atoms with E-state index in [1.807, 2.05) is 0 Å². The molecule has 22 heavy (non-hydrogen) atoms. The maximum Gasteiger partial charge on any atom is 0.488 e. The number of carbonyl (C=O) groups excluding carboxylic acids is 2. The van der Waals surface area contributed by atoms with Crippen molar-refractivity contribution in [3.8, 4) is 0 Å². The highest BCUT2D eigenvalue weighted by Gasteiger charge is 2.13. The minimum atomic E-state index is -1.57. The summed E-state index contributed by atoms with van der Waals surface area (Å²) < 4.78 is 2.94. The first kappa shape index (κ1) is 19.5. The summed E-state index contributed by atoms with van der Waals surface area (Å²) in [5.74, 6) is 0.687. The highest BCUT2D eigenvalue weighted by Crippen LogP contribution is 2.08. The number of anilines is 1. The minimum Gasteiger partial charge on any atom is -0.423 e. The van der Waals surface area contributed by atoms with Crippen LogP contribution in [-0.4, -0.2) is 46.1 Å². The molecule has 0 saturated heterocycles. The van der Waals surface area contributed by atoms with E-state index < -0.39 is 7.12 Å². The van der Waals surface area contributed by atoms with Crippen molar-refractivity contribution in [1.82, 2.24) is 4.72 Å². The molecule has 1 aromatic carbocycles. The Kier molecular flexibility index (Phi) is 9.08. The molecular formula is C12H18BN2O4PS2. The average Bonchev–Trinajstić information content (AvgIpc) is 2.47. The van der Waals surface area contributed by atoms with Crippen LogP contribution in [-0.2, 0) is 9.59 Å². The van der Waals surface area contributed by atoms with Crippen LogP contribution in [0.3, 0.4) is 0 Å². The van der Waals surface area contributed by atoms with Crippen LogP contribution in [0.15, 0.2) is 24.3 Å². The molecule has 120 valence electrons. The molecule has 0 aliphatic heterocycles. The van der Waals surface area contributed by atoms with Gasteiger partial charge in [-0.2, -0.15) is 12.6 Å². The monoisotopic (exact) mass is 360 g/mol. The summed E-state index contributed by atoms with van der Waals surface area (Å²) in [6.45, 7) is 0. The van der Waals surface area contributed by atoms with Crippen LogP contribution in [0, 0.1) is 0 Å². The molecule has 2 atom stereocenters. The number of nitrogens with one attached hydrogen (secondary N) is 2. The first-order chi connectivity index (χ1) is 10.4. The zero-order valence-electron chi connectivity index (χ0n) is 11.7. The molecule has 1 rings (SSSR count). The molecule has 0 saturated carbocycles. The molecule has 0 aromatic heterocycles. The van der Waals surface area contributed by atoms with Gasteiger partial charge in [0.25, 0.3) is 0 Å². The molecule has 10 heteroatoms. The van der Waals surface area contributed by atoms with Crippen molar-refractivity contribution in [1.29, 1.82) is 0 Å². The van der Waals surface area contributed by atoms with E-state index in [0.717, 1.165) is 0 Å². The number of carbonyl (C=O) groups is 2. The zero-order valence-corrected chi connectivity index (χ0v) is 14.6. The van der Waals surface area contributed by atoms with Gasteiger partial charge in [-0.05, 0) is 17.6 Å². The molecule has 1 unspecified atom stereocenters. The lowest BCUT2D eigenvalue weighted by atomic mass is 9.80. The lowest BCUT2D eigenvalue weighted by molar-refractivity contribution is -0.115. The zero-order chi connectivity index (χ0) is 16.5. The normalized spacial score (nSPS) is 11.8. The quantitative estimate of drug-likeness (QED) is 0.136. The highest BCUT2D eigenvalue weighted by atomic mass is 32.2. The van der Waals surface area contributed by atoms with Gasteiger partial charge in [-0.25, -0.2) is 0 Å². The van der Waals surface area contributed by atoms with Crippen LogP contribution in [0.2, 0.25) is 0 Å². The first-order valence-corrected chi connectivity index (χ1v) is 8.67. The van der Waals surface area contributed by atoms with E-state index in [9.17, 15) is 9.59 Å². The molecule has 0 aliphatic rings. The average molecular weight is 360 g/mol. The number of thiol groups is 1. The lowest BCUT2D eigenvalue weighted by Crippen LogP contribution is -2.31. The Labute approximate surface area is 141 Å². The molecule has 1 amide bonds. The number of hydrogen-bond donors (Lipinski definition) is 5. The van der Waals surface area contributed by atoms with E-state index in [1.54, 1.807) is 18.2 Å². The van der Waals surface area contributed by atoms with Crippen LogP contribution < -0.4 is 15.5 Å². The summed E-state index contributed by atoms with van der Waals surface area (Å²) in [4.78, 5) is 22.9. The number of hydrogen-bond acceptors (Lipinski definition) is 7. The van der Waals surface area contributed by atoms with Gasteiger partial charge in [0.1, 0.15) is 0 Å². The second-order valence-electron chi connectivity index (χ2n) is 4.40. The van der Waals surface area contributed by atoms with Crippen LogP contribution in [0.1, 0.15) is 6.42 Å². The highest BCUT2D eigenvalue weighted by molar-refractivity contribution is 7.97. The summed E-state index contributed by atoms with van der Waals surface area (Å²) in [5, 5.41) is 20.8. The Hall–Kier alpha value is -0.565. The Morgan fingerprint density at radius 1 is 1.41 bits per heavy atom. The molecule has 0 bridgehead atoms. The summed E-state index contributed by atoms with van der Waals surface area (Å²) in [6, 6.07) is 5.99. The third kappa shape index (κ3) is 7.13. The number of amides is 1. The van der Waals surface area contributed by atoms with Crippen LogP contribution >= 0.6 is 33.8 Å². The maximum atomic E-state index is 11.8. The standard InChI is InChI=1S/C12H18BN2O4PS2/c16-11(4-5-22-15-10(7-21)12(17)20)14-9-3-1-2-8(6-9)13(18)19/h1-3,6,10,15,18-19,21H,4-5,7,20H2,(H,14,16)/t10-/m0/s1. The van der Waals surface area contributed by atoms with E-state index in [2.05, 4.69) is 31.9 Å². The molecule has 6 nitrogen and oxygen atoms in total. The van der Waals surface area contributed by atoms with E-state index in [4.69, 9.17) is 10.0 Å². The Bertz CT molecular complexity index is 522. The largest absolute Gasteiger partial charge is 0.488 e. The Balaban J connectivity index is 2.35. The van der Waals surface area contributed by atoms with E-state index in [0.29, 0.717) is 22.7 Å². The van der Waals surface area contributed by atoms with E-state index in [1.165, 1.54) is 18.0 Å². The first-order valence-electron chi connectivity index (χ1n) is 6.47. The van der Waals surface area contributed by atoms with E-state index >= 15 is 0 Å². The van der Waals surface area contributed by atoms with Crippen molar-refractivity contribution in [2.24, 2.45) is 0 Å². The van der Waals surface area contributed by atoms with Crippen molar-refractivity contribution < 1.29 is 19.6 Å². The summed E-state index contributed by atoms with van der Waals surface area (Å²) in [6.07, 6.45) is 0.258. The van der Waals surface area contributed by atoms with Gasteiger partial charge < -0.3 is 15.4 Å². The van der Waals surface area contributed by atoms with Crippen molar-refractivity contribution in [2.75, 3.05) is 16.8 Å². The van der Waals surface area contributed by atoms with Gasteiger partial charge in [-0.1, -0.05) is 33.3 Å². The van der Waals surface area contributed by atoms with E-state index in [-0.39, 0.29) is 23.9 Å². The summed E-state index contributed by atoms with van der Waals surface area (Å²) in [7, 11) is 0.529. The lowest BCUT2D eigenvalue weighted by Gasteiger charge is -2.12. The molecule has 0 fully saturated rings. The molecule has 0 heterocycles. The van der Waals surface area contributed by atoms with Gasteiger partial charge in [0.15, 0.2) is 5.52 Å². The van der Waals surface area contributed by atoms with Crippen LogP contribution in [0.25, 0.3) is 0 Å². The predicted molar refractivity (Wildman–Crippen MR) is 97.5 cm³/mol. The smallest absolute Gasteiger partial charge is 0.423 e. The molecule has 0 aliphatic carbocycles. The van der Waals surface area contributed by atoms with Gasteiger partial charge in [-0.15, -0.1) is 0 Å². The fourth-order valence-electron chi connectivity index (χ4n) is 1.49. The number of benzene rings is 1. The van der Waals surface area contributed by atoms with Gasteiger partial charge >= 0.3 is 7.12 Å². The van der Waals surface area contributed by atoms with Crippen LogP contribution in [0.5, 0.6) is 0 Å². The second kappa shape index (κ2) is 10.3. The third-order valence-electron chi connectivity index (χ3n) is 2.65. The van der Waals surface area contributed by atoms with Crippen molar-refractivity contribution in [3.63, 3.8) is 0 Å². The van der Waals surface area contributed by atoms with Crippen molar-refractivity contribution in [3.05, 3.63) is 24.3 Å². The number of rotatable bonds is 9. The molecule has 1 aromatic rings. The minimum absolute atomic E-state index is 0.0775. The maximum absolute atomic E-state index is 11.8. The summed E-state index contributed by atoms with van der Waals surface area (Å²) >= 11 is 5.35. The molecular weight excluding hydrogens is 342 g/mol. The van der Waals surface area contributed by atoms with Gasteiger partial charge in [0, 0.05) is 23.6 Å². The fourth-order valence-corrected chi connectivity index (χ4v) is 3.21. The Morgan fingerprint density at radius 3 is 2.73 bits per heavy atom. The molecule has 4 N–H and O–H groups in total. The SMILES string of the molecule is O=C(CCSN[C@@H](CS)C(=O)P)Nc1cccc(B(O)O)c1. The second-order valence-corrected chi connectivity index (χ2v) is 6.27.